The smallest absolute Gasteiger partial charge is 0.241 e. The molecule has 3 nitrogen and oxygen atoms in total. The van der Waals surface area contributed by atoms with Crippen molar-refractivity contribution in [3.05, 3.63) is 22.4 Å². The molecule has 0 radical (unpaired) electrons. The molecule has 18 heavy (non-hydrogen) atoms. The van der Waals surface area contributed by atoms with Crippen LogP contribution in [0.4, 0.5) is 0 Å². The summed E-state index contributed by atoms with van der Waals surface area (Å²) in [7, 11) is 0. The van der Waals surface area contributed by atoms with Crippen molar-refractivity contribution in [3.63, 3.8) is 0 Å². The van der Waals surface area contributed by atoms with E-state index in [4.69, 9.17) is 0 Å². The van der Waals surface area contributed by atoms with Crippen molar-refractivity contribution in [1.82, 2.24) is 10.2 Å². The molecule has 2 atom stereocenters. The zero-order valence-corrected chi connectivity index (χ0v) is 11.7. The molecular formula is C14H20N2OS. The third kappa shape index (κ3) is 1.88. The third-order valence-electron chi connectivity index (χ3n) is 4.15. The van der Waals surface area contributed by atoms with Gasteiger partial charge in [-0.1, -0.05) is 19.9 Å². The first-order valence-electron chi connectivity index (χ1n) is 6.82. The standard InChI is InChI=1S/C14H20N2OS/c1-3-11-14(17)16(10-7-9(2)8-10)13(15-11)12-5-4-6-18-12/h4-6,9-11,13,15H,3,7-8H2,1-2H3. The SMILES string of the molecule is CCC1NC(c2cccs2)N(C2CC(C)C2)C1=O. The highest BCUT2D eigenvalue weighted by Gasteiger charge is 2.45. The molecule has 2 fully saturated rings. The molecule has 0 spiro atoms. The first kappa shape index (κ1) is 12.2. The molecule has 2 heterocycles. The van der Waals surface area contributed by atoms with Gasteiger partial charge in [0.1, 0.15) is 6.17 Å². The van der Waals surface area contributed by atoms with Gasteiger partial charge in [-0.15, -0.1) is 11.3 Å². The fraction of sp³-hybridized carbons (Fsp3) is 0.643. The topological polar surface area (TPSA) is 32.3 Å². The van der Waals surface area contributed by atoms with Gasteiger partial charge in [-0.3, -0.25) is 10.1 Å². The van der Waals surface area contributed by atoms with E-state index >= 15 is 0 Å². The van der Waals surface area contributed by atoms with E-state index in [0.29, 0.717) is 11.9 Å². The van der Waals surface area contributed by atoms with Gasteiger partial charge in [-0.2, -0.15) is 0 Å². The maximum Gasteiger partial charge on any atom is 0.241 e. The number of hydrogen-bond acceptors (Lipinski definition) is 3. The maximum absolute atomic E-state index is 12.5. The van der Waals surface area contributed by atoms with Crippen molar-refractivity contribution in [2.75, 3.05) is 0 Å². The Hall–Kier alpha value is -0.870. The summed E-state index contributed by atoms with van der Waals surface area (Å²) in [6.45, 7) is 4.34. The van der Waals surface area contributed by atoms with E-state index in [-0.39, 0.29) is 12.2 Å². The van der Waals surface area contributed by atoms with Gasteiger partial charge < -0.3 is 4.90 Å². The molecule has 1 aliphatic heterocycles. The molecule has 1 amide bonds. The van der Waals surface area contributed by atoms with Crippen LogP contribution in [0, 0.1) is 5.92 Å². The lowest BCUT2D eigenvalue weighted by atomic mass is 9.80. The summed E-state index contributed by atoms with van der Waals surface area (Å²) in [6.07, 6.45) is 3.30. The summed E-state index contributed by atoms with van der Waals surface area (Å²) in [5, 5.41) is 5.58. The van der Waals surface area contributed by atoms with Crippen molar-refractivity contribution >= 4 is 17.2 Å². The van der Waals surface area contributed by atoms with Crippen LogP contribution < -0.4 is 5.32 Å². The molecule has 98 valence electrons. The summed E-state index contributed by atoms with van der Waals surface area (Å²) < 4.78 is 0. The minimum absolute atomic E-state index is 0.00741. The van der Waals surface area contributed by atoms with E-state index in [9.17, 15) is 4.79 Å². The van der Waals surface area contributed by atoms with E-state index in [1.54, 1.807) is 11.3 Å². The number of rotatable bonds is 3. The molecule has 1 aliphatic carbocycles. The van der Waals surface area contributed by atoms with Crippen LogP contribution in [0.2, 0.25) is 0 Å². The summed E-state index contributed by atoms with van der Waals surface area (Å²) >= 11 is 1.73. The molecule has 1 N–H and O–H groups in total. The second kappa shape index (κ2) is 4.67. The normalized spacial score (nSPS) is 35.9. The van der Waals surface area contributed by atoms with E-state index in [2.05, 4.69) is 41.6 Å². The van der Waals surface area contributed by atoms with Crippen LogP contribution in [0.3, 0.4) is 0 Å². The van der Waals surface area contributed by atoms with Gasteiger partial charge in [0.2, 0.25) is 5.91 Å². The Balaban J connectivity index is 1.84. The second-order valence-corrected chi connectivity index (χ2v) is 6.50. The molecule has 1 aromatic heterocycles. The summed E-state index contributed by atoms with van der Waals surface area (Å²) in [5.74, 6) is 1.07. The molecule has 1 aromatic rings. The number of amides is 1. The lowest BCUT2D eigenvalue weighted by Crippen LogP contribution is -2.46. The fourth-order valence-corrected chi connectivity index (χ4v) is 3.87. The summed E-state index contributed by atoms with van der Waals surface area (Å²) in [6, 6.07) is 4.65. The van der Waals surface area contributed by atoms with E-state index in [0.717, 1.165) is 25.2 Å². The van der Waals surface area contributed by atoms with Gasteiger partial charge in [0.05, 0.1) is 6.04 Å². The van der Waals surface area contributed by atoms with E-state index < -0.39 is 0 Å². The Morgan fingerprint density at radius 3 is 2.83 bits per heavy atom. The first-order chi connectivity index (χ1) is 8.70. The van der Waals surface area contributed by atoms with Gasteiger partial charge in [-0.05, 0) is 36.6 Å². The van der Waals surface area contributed by atoms with Crippen LogP contribution in [-0.4, -0.2) is 22.9 Å². The number of thiophene rings is 1. The predicted molar refractivity (Wildman–Crippen MR) is 73.3 cm³/mol. The second-order valence-electron chi connectivity index (χ2n) is 5.52. The highest BCUT2D eigenvalue weighted by atomic mass is 32.1. The molecular weight excluding hydrogens is 244 g/mol. The third-order valence-corrected chi connectivity index (χ3v) is 5.08. The van der Waals surface area contributed by atoms with Gasteiger partial charge in [-0.25, -0.2) is 0 Å². The van der Waals surface area contributed by atoms with Crippen LogP contribution in [0.15, 0.2) is 17.5 Å². The quantitative estimate of drug-likeness (QED) is 0.910. The molecule has 2 unspecified atom stereocenters. The maximum atomic E-state index is 12.5. The average Bonchev–Trinajstić information content (AvgIpc) is 2.92. The molecule has 2 aliphatic rings. The minimum Gasteiger partial charge on any atom is -0.318 e. The van der Waals surface area contributed by atoms with Gasteiger partial charge in [0, 0.05) is 10.9 Å². The Labute approximate surface area is 112 Å². The van der Waals surface area contributed by atoms with Crippen LogP contribution in [0.1, 0.15) is 44.2 Å². The van der Waals surface area contributed by atoms with Crippen molar-refractivity contribution in [1.29, 1.82) is 0 Å². The van der Waals surface area contributed by atoms with Crippen LogP contribution >= 0.6 is 11.3 Å². The summed E-state index contributed by atoms with van der Waals surface area (Å²) in [4.78, 5) is 15.8. The average molecular weight is 264 g/mol. The number of nitrogens with zero attached hydrogens (tertiary/aromatic N) is 1. The molecule has 0 bridgehead atoms. The van der Waals surface area contributed by atoms with Crippen molar-refractivity contribution in [2.24, 2.45) is 5.92 Å². The zero-order valence-electron chi connectivity index (χ0n) is 10.9. The van der Waals surface area contributed by atoms with Crippen LogP contribution in [0.5, 0.6) is 0 Å². The lowest BCUT2D eigenvalue weighted by molar-refractivity contribution is -0.135. The highest BCUT2D eigenvalue weighted by molar-refractivity contribution is 7.10. The molecule has 1 saturated heterocycles. The van der Waals surface area contributed by atoms with Gasteiger partial charge in [0.15, 0.2) is 0 Å². The fourth-order valence-electron chi connectivity index (χ4n) is 3.09. The van der Waals surface area contributed by atoms with Crippen molar-refractivity contribution in [3.8, 4) is 0 Å². The number of carbonyl (C=O) groups is 1. The molecule has 3 rings (SSSR count). The Morgan fingerprint density at radius 2 is 2.28 bits per heavy atom. The predicted octanol–water partition coefficient (Wildman–Crippen LogP) is 2.76. The number of nitrogens with one attached hydrogen (secondary N) is 1. The van der Waals surface area contributed by atoms with Crippen molar-refractivity contribution < 1.29 is 4.79 Å². The Morgan fingerprint density at radius 1 is 1.50 bits per heavy atom. The molecule has 4 heteroatoms. The minimum atomic E-state index is 0.00741. The number of carbonyl (C=O) groups excluding carboxylic acids is 1. The number of hydrogen-bond donors (Lipinski definition) is 1. The van der Waals surface area contributed by atoms with E-state index in [1.807, 2.05) is 0 Å². The highest BCUT2D eigenvalue weighted by Crippen LogP contribution is 2.39. The molecule has 1 saturated carbocycles. The first-order valence-corrected chi connectivity index (χ1v) is 7.70. The largest absolute Gasteiger partial charge is 0.318 e. The Bertz CT molecular complexity index is 425. The van der Waals surface area contributed by atoms with Crippen molar-refractivity contribution in [2.45, 2.75) is 51.4 Å². The summed E-state index contributed by atoms with van der Waals surface area (Å²) in [5.41, 5.74) is 0. The molecule has 0 aromatic carbocycles. The zero-order chi connectivity index (χ0) is 12.7. The van der Waals surface area contributed by atoms with Crippen LogP contribution in [0.25, 0.3) is 0 Å². The lowest BCUT2D eigenvalue weighted by Gasteiger charge is -2.42. The van der Waals surface area contributed by atoms with E-state index in [1.165, 1.54) is 4.88 Å². The monoisotopic (exact) mass is 264 g/mol. The van der Waals surface area contributed by atoms with Gasteiger partial charge >= 0.3 is 0 Å². The Kier molecular flexibility index (Phi) is 3.16. The van der Waals surface area contributed by atoms with Crippen LogP contribution in [-0.2, 0) is 4.79 Å². The van der Waals surface area contributed by atoms with Gasteiger partial charge in [0.25, 0.3) is 0 Å².